The normalized spacial score (nSPS) is 10.9. The standard InChI is InChI=1S/C14H15BrN2O2/c1-9(2)13-12(14(18)19)7-16-17(13)8-10-3-5-11(15)6-4-10/h3-7,9H,8H2,1-2H3,(H,18,19). The first-order valence-corrected chi connectivity index (χ1v) is 6.81. The fraction of sp³-hybridized carbons (Fsp3) is 0.286. The lowest BCUT2D eigenvalue weighted by molar-refractivity contribution is 0.0695. The number of aromatic carboxylic acids is 1. The van der Waals surface area contributed by atoms with Gasteiger partial charge < -0.3 is 5.11 Å². The minimum absolute atomic E-state index is 0.115. The van der Waals surface area contributed by atoms with Crippen LogP contribution in [0.3, 0.4) is 0 Å². The molecular formula is C14H15BrN2O2. The molecule has 0 saturated heterocycles. The summed E-state index contributed by atoms with van der Waals surface area (Å²) < 4.78 is 2.78. The number of carboxylic acids is 1. The molecule has 0 atom stereocenters. The first-order valence-electron chi connectivity index (χ1n) is 6.02. The zero-order valence-electron chi connectivity index (χ0n) is 10.8. The molecule has 4 nitrogen and oxygen atoms in total. The third-order valence-electron chi connectivity index (χ3n) is 2.90. The smallest absolute Gasteiger partial charge is 0.339 e. The summed E-state index contributed by atoms with van der Waals surface area (Å²) in [5, 5.41) is 13.4. The van der Waals surface area contributed by atoms with Gasteiger partial charge >= 0.3 is 5.97 Å². The molecule has 0 amide bonds. The summed E-state index contributed by atoms with van der Waals surface area (Å²) in [6.45, 7) is 4.52. The van der Waals surface area contributed by atoms with E-state index in [-0.39, 0.29) is 11.5 Å². The Bertz CT molecular complexity index is 588. The number of rotatable bonds is 4. The van der Waals surface area contributed by atoms with Crippen molar-refractivity contribution in [3.05, 3.63) is 51.8 Å². The molecular weight excluding hydrogens is 308 g/mol. The molecule has 0 unspecified atom stereocenters. The summed E-state index contributed by atoms with van der Waals surface area (Å²) in [4.78, 5) is 11.2. The van der Waals surface area contributed by atoms with E-state index in [1.54, 1.807) is 4.68 Å². The molecule has 0 aliphatic rings. The molecule has 2 rings (SSSR count). The topological polar surface area (TPSA) is 55.1 Å². The van der Waals surface area contributed by atoms with Crippen molar-refractivity contribution in [1.29, 1.82) is 0 Å². The van der Waals surface area contributed by atoms with Gasteiger partial charge in [0, 0.05) is 4.47 Å². The van der Waals surface area contributed by atoms with Crippen molar-refractivity contribution in [2.75, 3.05) is 0 Å². The zero-order chi connectivity index (χ0) is 14.0. The zero-order valence-corrected chi connectivity index (χ0v) is 12.4. The van der Waals surface area contributed by atoms with Gasteiger partial charge in [-0.3, -0.25) is 4.68 Å². The highest BCUT2D eigenvalue weighted by Crippen LogP contribution is 2.21. The van der Waals surface area contributed by atoms with E-state index >= 15 is 0 Å². The van der Waals surface area contributed by atoms with Crippen LogP contribution in [0.15, 0.2) is 34.9 Å². The Morgan fingerprint density at radius 3 is 2.53 bits per heavy atom. The van der Waals surface area contributed by atoms with Crippen molar-refractivity contribution in [2.45, 2.75) is 26.3 Å². The Morgan fingerprint density at radius 2 is 2.00 bits per heavy atom. The summed E-state index contributed by atoms with van der Waals surface area (Å²) >= 11 is 3.39. The summed E-state index contributed by atoms with van der Waals surface area (Å²) in [7, 11) is 0. The van der Waals surface area contributed by atoms with Crippen LogP contribution >= 0.6 is 15.9 Å². The maximum absolute atomic E-state index is 11.2. The number of carboxylic acid groups (broad SMARTS) is 1. The van der Waals surface area contributed by atoms with Crippen molar-refractivity contribution in [3.8, 4) is 0 Å². The van der Waals surface area contributed by atoms with E-state index in [1.165, 1.54) is 6.20 Å². The highest BCUT2D eigenvalue weighted by molar-refractivity contribution is 9.10. The van der Waals surface area contributed by atoms with Crippen LogP contribution in [0.1, 0.15) is 41.4 Å². The molecule has 0 spiro atoms. The third-order valence-corrected chi connectivity index (χ3v) is 3.43. The molecule has 0 aliphatic carbocycles. The molecule has 5 heteroatoms. The number of hydrogen-bond donors (Lipinski definition) is 1. The molecule has 0 radical (unpaired) electrons. The molecule has 19 heavy (non-hydrogen) atoms. The van der Waals surface area contributed by atoms with E-state index in [9.17, 15) is 9.90 Å². The van der Waals surface area contributed by atoms with E-state index < -0.39 is 5.97 Å². The minimum atomic E-state index is -0.925. The number of nitrogens with zero attached hydrogens (tertiary/aromatic N) is 2. The molecule has 1 heterocycles. The van der Waals surface area contributed by atoms with Crippen LogP contribution in [-0.4, -0.2) is 20.9 Å². The lowest BCUT2D eigenvalue weighted by atomic mass is 10.1. The number of halogens is 1. The highest BCUT2D eigenvalue weighted by atomic mass is 79.9. The predicted octanol–water partition coefficient (Wildman–Crippen LogP) is 3.52. The number of aromatic nitrogens is 2. The predicted molar refractivity (Wildman–Crippen MR) is 76.5 cm³/mol. The van der Waals surface area contributed by atoms with E-state index in [0.717, 1.165) is 15.7 Å². The van der Waals surface area contributed by atoms with Crippen molar-refractivity contribution >= 4 is 21.9 Å². The van der Waals surface area contributed by atoms with Gasteiger partial charge in [0.15, 0.2) is 0 Å². The maximum Gasteiger partial charge on any atom is 0.339 e. The fourth-order valence-electron chi connectivity index (χ4n) is 2.06. The largest absolute Gasteiger partial charge is 0.478 e. The number of carbonyl (C=O) groups is 1. The van der Waals surface area contributed by atoms with Gasteiger partial charge in [0.1, 0.15) is 5.56 Å². The Morgan fingerprint density at radius 1 is 1.37 bits per heavy atom. The molecule has 0 fully saturated rings. The minimum Gasteiger partial charge on any atom is -0.478 e. The van der Waals surface area contributed by atoms with Gasteiger partial charge in [-0.05, 0) is 23.6 Å². The maximum atomic E-state index is 11.2. The molecule has 0 bridgehead atoms. The third kappa shape index (κ3) is 3.04. The first kappa shape index (κ1) is 13.8. The van der Waals surface area contributed by atoms with Crippen molar-refractivity contribution < 1.29 is 9.90 Å². The lowest BCUT2D eigenvalue weighted by Crippen LogP contribution is -2.10. The van der Waals surface area contributed by atoms with Gasteiger partial charge in [-0.2, -0.15) is 5.10 Å². The fourth-order valence-corrected chi connectivity index (χ4v) is 2.32. The Hall–Kier alpha value is -1.62. The summed E-state index contributed by atoms with van der Waals surface area (Å²) in [6.07, 6.45) is 1.43. The van der Waals surface area contributed by atoms with Gasteiger partial charge in [-0.1, -0.05) is 41.9 Å². The van der Waals surface area contributed by atoms with E-state index in [4.69, 9.17) is 0 Å². The van der Waals surface area contributed by atoms with Crippen LogP contribution in [0, 0.1) is 0 Å². The molecule has 1 aromatic carbocycles. The van der Waals surface area contributed by atoms with Crippen LogP contribution in [0.5, 0.6) is 0 Å². The molecule has 1 N–H and O–H groups in total. The summed E-state index contributed by atoms with van der Waals surface area (Å²) in [5.74, 6) is -0.810. The highest BCUT2D eigenvalue weighted by Gasteiger charge is 2.19. The molecule has 2 aromatic rings. The average Bonchev–Trinajstić information content (AvgIpc) is 2.76. The second-order valence-corrected chi connectivity index (χ2v) is 5.60. The second kappa shape index (κ2) is 5.57. The van der Waals surface area contributed by atoms with Crippen molar-refractivity contribution in [3.63, 3.8) is 0 Å². The Kier molecular flexibility index (Phi) is 4.04. The lowest BCUT2D eigenvalue weighted by Gasteiger charge is -2.11. The Balaban J connectivity index is 2.35. The monoisotopic (exact) mass is 322 g/mol. The number of hydrogen-bond acceptors (Lipinski definition) is 2. The van der Waals surface area contributed by atoms with E-state index in [2.05, 4.69) is 21.0 Å². The van der Waals surface area contributed by atoms with Gasteiger partial charge in [0.2, 0.25) is 0 Å². The van der Waals surface area contributed by atoms with Crippen molar-refractivity contribution in [1.82, 2.24) is 9.78 Å². The van der Waals surface area contributed by atoms with Crippen LogP contribution in [0.4, 0.5) is 0 Å². The first-order chi connectivity index (χ1) is 8.99. The summed E-state index contributed by atoms with van der Waals surface area (Å²) in [6, 6.07) is 7.92. The number of benzene rings is 1. The van der Waals surface area contributed by atoms with Crippen LogP contribution in [0.25, 0.3) is 0 Å². The second-order valence-electron chi connectivity index (χ2n) is 4.69. The van der Waals surface area contributed by atoms with E-state index in [1.807, 2.05) is 38.1 Å². The summed E-state index contributed by atoms with van der Waals surface area (Å²) in [5.41, 5.74) is 2.13. The molecule has 1 aromatic heterocycles. The van der Waals surface area contributed by atoms with Crippen LogP contribution in [-0.2, 0) is 6.54 Å². The SMILES string of the molecule is CC(C)c1c(C(=O)O)cnn1Cc1ccc(Br)cc1. The van der Waals surface area contributed by atoms with Gasteiger partial charge in [0.05, 0.1) is 18.4 Å². The van der Waals surface area contributed by atoms with Crippen LogP contribution in [0.2, 0.25) is 0 Å². The Labute approximate surface area is 120 Å². The van der Waals surface area contributed by atoms with Gasteiger partial charge in [0.25, 0.3) is 0 Å². The van der Waals surface area contributed by atoms with Crippen molar-refractivity contribution in [2.24, 2.45) is 0 Å². The van der Waals surface area contributed by atoms with Gasteiger partial charge in [-0.15, -0.1) is 0 Å². The molecule has 100 valence electrons. The average molecular weight is 323 g/mol. The van der Waals surface area contributed by atoms with Gasteiger partial charge in [-0.25, -0.2) is 4.79 Å². The van der Waals surface area contributed by atoms with E-state index in [0.29, 0.717) is 6.54 Å². The molecule has 0 saturated carbocycles. The molecule has 0 aliphatic heterocycles. The quantitative estimate of drug-likeness (QED) is 0.937. The van der Waals surface area contributed by atoms with Crippen LogP contribution < -0.4 is 0 Å².